The molecule has 2 unspecified atom stereocenters. The van der Waals surface area contributed by atoms with Crippen LogP contribution >= 0.6 is 0 Å². The number of guanidine groups is 1. The minimum absolute atomic E-state index is 0.496. The van der Waals surface area contributed by atoms with Crippen LogP contribution in [-0.4, -0.2) is 35.5 Å². The third-order valence-electron chi connectivity index (χ3n) is 3.94. The Labute approximate surface area is 127 Å². The summed E-state index contributed by atoms with van der Waals surface area (Å²) in [7, 11) is 0. The van der Waals surface area contributed by atoms with Gasteiger partial charge < -0.3 is 14.6 Å². The molecule has 21 heavy (non-hydrogen) atoms. The molecule has 0 amide bonds. The van der Waals surface area contributed by atoms with Crippen molar-refractivity contribution in [2.45, 2.75) is 47.6 Å². The quantitative estimate of drug-likeness (QED) is 0.687. The van der Waals surface area contributed by atoms with E-state index in [0.29, 0.717) is 24.3 Å². The van der Waals surface area contributed by atoms with E-state index in [9.17, 15) is 0 Å². The van der Waals surface area contributed by atoms with Gasteiger partial charge in [-0.3, -0.25) is 0 Å². The van der Waals surface area contributed by atoms with Crippen LogP contribution in [0.5, 0.6) is 0 Å². The van der Waals surface area contributed by atoms with E-state index in [-0.39, 0.29) is 0 Å². The van der Waals surface area contributed by atoms with Gasteiger partial charge in [-0.05, 0) is 39.0 Å². The largest absolute Gasteiger partial charge is 0.444 e. The number of hydrogen-bond donors (Lipinski definition) is 1. The molecule has 0 aliphatic carbocycles. The number of aryl methyl sites for hydroxylation is 2. The summed E-state index contributed by atoms with van der Waals surface area (Å²) >= 11 is 0. The number of aromatic nitrogens is 1. The van der Waals surface area contributed by atoms with Crippen molar-refractivity contribution >= 4 is 5.96 Å². The molecular formula is C16H28N4O. The van der Waals surface area contributed by atoms with Gasteiger partial charge in [0.25, 0.3) is 0 Å². The van der Waals surface area contributed by atoms with Crippen molar-refractivity contribution in [1.82, 2.24) is 15.2 Å². The van der Waals surface area contributed by atoms with E-state index in [1.54, 1.807) is 0 Å². The van der Waals surface area contributed by atoms with Gasteiger partial charge in [0.05, 0.1) is 5.69 Å². The van der Waals surface area contributed by atoms with Crippen LogP contribution in [0.3, 0.4) is 0 Å². The second kappa shape index (κ2) is 6.96. The SMILES string of the molecule is CCNC(=NCc1nc(C)c(C)o1)N1CC(C)CC(C)C1. The van der Waals surface area contributed by atoms with Gasteiger partial charge in [-0.15, -0.1) is 0 Å². The number of likely N-dealkylation sites (tertiary alicyclic amines) is 1. The molecule has 1 saturated heterocycles. The molecule has 1 fully saturated rings. The zero-order valence-corrected chi connectivity index (χ0v) is 13.9. The number of hydrogen-bond acceptors (Lipinski definition) is 3. The maximum atomic E-state index is 5.61. The molecule has 5 nitrogen and oxygen atoms in total. The van der Waals surface area contributed by atoms with Crippen molar-refractivity contribution in [2.24, 2.45) is 16.8 Å². The lowest BCUT2D eigenvalue weighted by atomic mass is 9.92. The average Bonchev–Trinajstić information content (AvgIpc) is 2.72. The van der Waals surface area contributed by atoms with Gasteiger partial charge in [-0.2, -0.15) is 0 Å². The van der Waals surface area contributed by atoms with E-state index in [0.717, 1.165) is 37.0 Å². The minimum atomic E-state index is 0.496. The molecule has 1 aromatic rings. The number of nitrogens with one attached hydrogen (secondary N) is 1. The van der Waals surface area contributed by atoms with Crippen molar-refractivity contribution < 1.29 is 4.42 Å². The molecule has 1 aliphatic rings. The average molecular weight is 292 g/mol. The van der Waals surface area contributed by atoms with Crippen LogP contribution < -0.4 is 5.32 Å². The third kappa shape index (κ3) is 4.22. The number of aliphatic imine (C=N–C) groups is 1. The molecule has 0 spiro atoms. The predicted octanol–water partition coefficient (Wildman–Crippen LogP) is 2.73. The molecule has 5 heteroatoms. The molecule has 0 saturated carbocycles. The first-order chi connectivity index (χ1) is 9.99. The summed E-state index contributed by atoms with van der Waals surface area (Å²) in [4.78, 5) is 11.5. The van der Waals surface area contributed by atoms with Gasteiger partial charge in [-0.25, -0.2) is 9.98 Å². The van der Waals surface area contributed by atoms with Gasteiger partial charge in [0.2, 0.25) is 5.89 Å². The van der Waals surface area contributed by atoms with Crippen LogP contribution in [0.4, 0.5) is 0 Å². The second-order valence-electron chi connectivity index (χ2n) is 6.27. The normalized spacial score (nSPS) is 23.5. The fourth-order valence-electron chi connectivity index (χ4n) is 3.01. The van der Waals surface area contributed by atoms with E-state index in [4.69, 9.17) is 9.41 Å². The number of piperidine rings is 1. The van der Waals surface area contributed by atoms with E-state index in [1.165, 1.54) is 6.42 Å². The first-order valence-electron chi connectivity index (χ1n) is 7.95. The van der Waals surface area contributed by atoms with E-state index >= 15 is 0 Å². The van der Waals surface area contributed by atoms with E-state index in [1.807, 2.05) is 13.8 Å². The lowest BCUT2D eigenvalue weighted by Crippen LogP contribution is -2.48. The molecule has 0 radical (unpaired) electrons. The lowest BCUT2D eigenvalue weighted by molar-refractivity contribution is 0.208. The van der Waals surface area contributed by atoms with Crippen molar-refractivity contribution in [2.75, 3.05) is 19.6 Å². The molecule has 1 aromatic heterocycles. The van der Waals surface area contributed by atoms with Crippen molar-refractivity contribution in [1.29, 1.82) is 0 Å². The molecule has 0 aromatic carbocycles. The zero-order valence-electron chi connectivity index (χ0n) is 13.9. The highest BCUT2D eigenvalue weighted by Gasteiger charge is 2.24. The zero-order chi connectivity index (χ0) is 15.4. The number of rotatable bonds is 3. The Morgan fingerprint density at radius 3 is 2.52 bits per heavy atom. The summed E-state index contributed by atoms with van der Waals surface area (Å²) in [5.74, 6) is 3.97. The summed E-state index contributed by atoms with van der Waals surface area (Å²) in [6.45, 7) is 14.1. The van der Waals surface area contributed by atoms with Crippen LogP contribution in [0.2, 0.25) is 0 Å². The fraction of sp³-hybridized carbons (Fsp3) is 0.750. The monoisotopic (exact) mass is 292 g/mol. The Kier molecular flexibility index (Phi) is 5.26. The highest BCUT2D eigenvalue weighted by molar-refractivity contribution is 5.80. The highest BCUT2D eigenvalue weighted by Crippen LogP contribution is 2.21. The van der Waals surface area contributed by atoms with Gasteiger partial charge >= 0.3 is 0 Å². The molecule has 118 valence electrons. The molecule has 0 bridgehead atoms. The van der Waals surface area contributed by atoms with Crippen molar-refractivity contribution in [3.63, 3.8) is 0 Å². The Hall–Kier alpha value is -1.52. The van der Waals surface area contributed by atoms with Crippen LogP contribution in [0.1, 0.15) is 44.5 Å². The number of oxazole rings is 1. The Balaban J connectivity index is 2.08. The molecule has 2 rings (SSSR count). The van der Waals surface area contributed by atoms with Gasteiger partial charge in [0, 0.05) is 19.6 Å². The summed E-state index contributed by atoms with van der Waals surface area (Å²) < 4.78 is 5.61. The lowest BCUT2D eigenvalue weighted by Gasteiger charge is -2.37. The van der Waals surface area contributed by atoms with Crippen molar-refractivity contribution in [3.8, 4) is 0 Å². The summed E-state index contributed by atoms with van der Waals surface area (Å²) in [6.07, 6.45) is 1.30. The Morgan fingerprint density at radius 1 is 1.33 bits per heavy atom. The maximum Gasteiger partial charge on any atom is 0.216 e. The third-order valence-corrected chi connectivity index (χ3v) is 3.94. The Bertz CT molecular complexity index is 465. The van der Waals surface area contributed by atoms with E-state index < -0.39 is 0 Å². The standard InChI is InChI=1S/C16H28N4O/c1-6-17-16(20-9-11(2)7-12(3)10-20)18-8-15-19-13(4)14(5)21-15/h11-12H,6-10H2,1-5H3,(H,17,18). The van der Waals surface area contributed by atoms with Crippen LogP contribution in [0.15, 0.2) is 9.41 Å². The number of nitrogens with zero attached hydrogens (tertiary/aromatic N) is 3. The highest BCUT2D eigenvalue weighted by atomic mass is 16.4. The first kappa shape index (κ1) is 15.9. The fourth-order valence-corrected chi connectivity index (χ4v) is 3.01. The molecule has 2 heterocycles. The molecule has 2 atom stereocenters. The molecule has 1 aliphatic heterocycles. The first-order valence-corrected chi connectivity index (χ1v) is 7.95. The summed E-state index contributed by atoms with van der Waals surface area (Å²) in [6, 6.07) is 0. The van der Waals surface area contributed by atoms with Crippen molar-refractivity contribution in [3.05, 3.63) is 17.3 Å². The van der Waals surface area contributed by atoms with Crippen LogP contribution in [0, 0.1) is 25.7 Å². The van der Waals surface area contributed by atoms with Crippen LogP contribution in [-0.2, 0) is 6.54 Å². The van der Waals surface area contributed by atoms with Crippen LogP contribution in [0.25, 0.3) is 0 Å². The summed E-state index contributed by atoms with van der Waals surface area (Å²) in [5, 5.41) is 3.39. The second-order valence-corrected chi connectivity index (χ2v) is 6.27. The molecular weight excluding hydrogens is 264 g/mol. The molecule has 1 N–H and O–H groups in total. The maximum absolute atomic E-state index is 5.61. The minimum Gasteiger partial charge on any atom is -0.444 e. The topological polar surface area (TPSA) is 53.7 Å². The predicted molar refractivity (Wildman–Crippen MR) is 85.3 cm³/mol. The van der Waals surface area contributed by atoms with E-state index in [2.05, 4.69) is 36.0 Å². The van der Waals surface area contributed by atoms with Gasteiger partial charge in [0.15, 0.2) is 5.96 Å². The van der Waals surface area contributed by atoms with Gasteiger partial charge in [0.1, 0.15) is 12.3 Å². The smallest absolute Gasteiger partial charge is 0.216 e. The summed E-state index contributed by atoms with van der Waals surface area (Å²) in [5.41, 5.74) is 0.949. The Morgan fingerprint density at radius 2 is 2.00 bits per heavy atom. The van der Waals surface area contributed by atoms with Gasteiger partial charge in [-0.1, -0.05) is 13.8 Å².